The van der Waals surface area contributed by atoms with Crippen LogP contribution in [0.2, 0.25) is 0 Å². The molecule has 2 aromatic heterocycles. The van der Waals surface area contributed by atoms with Gasteiger partial charge in [-0.15, -0.1) is 0 Å². The minimum absolute atomic E-state index is 0.957. The molecule has 0 saturated heterocycles. The number of hydrogen-bond acceptors (Lipinski definition) is 2. The van der Waals surface area contributed by atoms with Crippen molar-refractivity contribution >= 4 is 64.9 Å². The Balaban J connectivity index is 1.16. The fourth-order valence-electron chi connectivity index (χ4n) is 8.32. The number of hydrogen-bond donors (Lipinski definition) is 0. The number of para-hydroxylation sites is 1. The second-order valence-corrected chi connectivity index (χ2v) is 14.1. The quantitative estimate of drug-likeness (QED) is 0.172. The molecule has 0 bridgehead atoms. The molecule has 0 fully saturated rings. The molecule has 0 spiro atoms. The van der Waals surface area contributed by atoms with Crippen LogP contribution in [0.1, 0.15) is 0 Å². The van der Waals surface area contributed by atoms with Gasteiger partial charge in [0.15, 0.2) is 0 Å². The van der Waals surface area contributed by atoms with Gasteiger partial charge in [0, 0.05) is 32.7 Å². The van der Waals surface area contributed by atoms with Gasteiger partial charge in [-0.25, -0.2) is 9.97 Å². The molecule has 0 N–H and O–H groups in total. The molecule has 0 aliphatic rings. The Kier molecular flexibility index (Phi) is 6.90. The van der Waals surface area contributed by atoms with E-state index < -0.39 is 0 Å². The highest BCUT2D eigenvalue weighted by atomic mass is 14.7. The van der Waals surface area contributed by atoms with Gasteiger partial charge >= 0.3 is 0 Å². The molecule has 0 unspecified atom stereocenters. The van der Waals surface area contributed by atoms with Crippen molar-refractivity contribution in [1.29, 1.82) is 0 Å². The molecular formula is C52H32N2. The first-order valence-corrected chi connectivity index (χ1v) is 18.5. The molecule has 9 aromatic carbocycles. The number of nitrogens with zero attached hydrogens (tertiary/aromatic N) is 2. The highest BCUT2D eigenvalue weighted by Crippen LogP contribution is 2.42. The zero-order valence-electron chi connectivity index (χ0n) is 29.4. The van der Waals surface area contributed by atoms with Crippen LogP contribution in [-0.2, 0) is 0 Å². The normalized spacial score (nSPS) is 11.7. The molecule has 0 amide bonds. The maximum atomic E-state index is 5.47. The van der Waals surface area contributed by atoms with Gasteiger partial charge in [0.25, 0.3) is 0 Å². The zero-order valence-corrected chi connectivity index (χ0v) is 29.4. The van der Waals surface area contributed by atoms with Crippen molar-refractivity contribution in [2.24, 2.45) is 0 Å². The van der Waals surface area contributed by atoms with Crippen LogP contribution in [0.3, 0.4) is 0 Å². The van der Waals surface area contributed by atoms with Crippen LogP contribution in [0, 0.1) is 0 Å². The molecule has 250 valence electrons. The minimum Gasteiger partial charge on any atom is -0.247 e. The van der Waals surface area contributed by atoms with Crippen LogP contribution in [0.25, 0.3) is 110 Å². The predicted molar refractivity (Wildman–Crippen MR) is 229 cm³/mol. The van der Waals surface area contributed by atoms with Crippen molar-refractivity contribution in [1.82, 2.24) is 9.97 Å². The van der Waals surface area contributed by atoms with Gasteiger partial charge in [0.05, 0.1) is 22.4 Å². The van der Waals surface area contributed by atoms with E-state index in [2.05, 4.69) is 194 Å². The lowest BCUT2D eigenvalue weighted by atomic mass is 9.90. The number of fused-ring (bicyclic) bond motifs is 8. The third-order valence-corrected chi connectivity index (χ3v) is 11.0. The van der Waals surface area contributed by atoms with Gasteiger partial charge in [0.2, 0.25) is 0 Å². The Morgan fingerprint density at radius 2 is 0.796 bits per heavy atom. The Bertz CT molecular complexity index is 3270. The first-order valence-electron chi connectivity index (χ1n) is 18.5. The van der Waals surface area contributed by atoms with E-state index in [-0.39, 0.29) is 0 Å². The SMILES string of the molecule is c1ccc2cc(-c3cc(-c4ccc(-c5nc6ccccc6c6ccccc56)cc4)c4cc(-c5ccc6ccccc6c5)c5ccccc5c4n3)ccc2c1. The van der Waals surface area contributed by atoms with Gasteiger partial charge < -0.3 is 0 Å². The Morgan fingerprint density at radius 1 is 0.278 bits per heavy atom. The first kappa shape index (κ1) is 30.5. The molecule has 2 heterocycles. The van der Waals surface area contributed by atoms with E-state index in [0.29, 0.717) is 0 Å². The summed E-state index contributed by atoms with van der Waals surface area (Å²) < 4.78 is 0. The van der Waals surface area contributed by atoms with E-state index in [1.54, 1.807) is 0 Å². The summed E-state index contributed by atoms with van der Waals surface area (Å²) in [6.07, 6.45) is 0. The summed E-state index contributed by atoms with van der Waals surface area (Å²) in [6, 6.07) is 69.9. The minimum atomic E-state index is 0.957. The molecule has 2 heteroatoms. The Labute approximate surface area is 312 Å². The maximum Gasteiger partial charge on any atom is 0.0794 e. The second-order valence-electron chi connectivity index (χ2n) is 14.1. The Hall–Kier alpha value is -7.16. The van der Waals surface area contributed by atoms with Gasteiger partial charge in [-0.2, -0.15) is 0 Å². The van der Waals surface area contributed by atoms with E-state index >= 15 is 0 Å². The summed E-state index contributed by atoms with van der Waals surface area (Å²) in [7, 11) is 0. The van der Waals surface area contributed by atoms with Crippen molar-refractivity contribution < 1.29 is 0 Å². The van der Waals surface area contributed by atoms with Gasteiger partial charge in [-0.05, 0) is 84.9 Å². The third-order valence-electron chi connectivity index (χ3n) is 11.0. The highest BCUT2D eigenvalue weighted by Gasteiger charge is 2.17. The average Bonchev–Trinajstić information content (AvgIpc) is 3.25. The number of benzene rings is 9. The van der Waals surface area contributed by atoms with Gasteiger partial charge in [-0.3, -0.25) is 0 Å². The zero-order chi connectivity index (χ0) is 35.6. The van der Waals surface area contributed by atoms with E-state index in [4.69, 9.17) is 9.97 Å². The summed E-state index contributed by atoms with van der Waals surface area (Å²) in [5.74, 6) is 0. The molecule has 0 aliphatic heterocycles. The van der Waals surface area contributed by atoms with Crippen LogP contribution >= 0.6 is 0 Å². The van der Waals surface area contributed by atoms with E-state index in [9.17, 15) is 0 Å². The maximum absolute atomic E-state index is 5.47. The van der Waals surface area contributed by atoms with E-state index in [1.165, 1.54) is 48.8 Å². The fourth-order valence-corrected chi connectivity index (χ4v) is 8.32. The largest absolute Gasteiger partial charge is 0.247 e. The van der Waals surface area contributed by atoms with Crippen molar-refractivity contribution in [3.63, 3.8) is 0 Å². The molecule has 54 heavy (non-hydrogen) atoms. The van der Waals surface area contributed by atoms with Crippen molar-refractivity contribution in [3.05, 3.63) is 194 Å². The van der Waals surface area contributed by atoms with E-state index in [0.717, 1.165) is 60.8 Å². The van der Waals surface area contributed by atoms with Crippen molar-refractivity contribution in [2.75, 3.05) is 0 Å². The molecule has 2 nitrogen and oxygen atoms in total. The lowest BCUT2D eigenvalue weighted by Crippen LogP contribution is -1.94. The molecule has 0 saturated carbocycles. The van der Waals surface area contributed by atoms with Gasteiger partial charge in [0.1, 0.15) is 0 Å². The molecule has 0 aliphatic carbocycles. The molecule has 0 radical (unpaired) electrons. The summed E-state index contributed by atoms with van der Waals surface area (Å²) in [6.45, 7) is 0. The standard InChI is InChI=1S/C52H32N2/c1-3-13-37-29-39(27-21-33(37)11-1)46-31-48-47(35-23-25-36(26-24-35)51-44-18-7-5-15-41(44)43-17-9-10-20-49(43)53-51)32-50(54-52(48)45-19-8-6-16-42(45)46)40-28-22-34-12-2-4-14-38(34)30-40/h1-32H. The topological polar surface area (TPSA) is 25.8 Å². The Morgan fingerprint density at radius 3 is 1.54 bits per heavy atom. The number of rotatable bonds is 4. The molecule has 11 rings (SSSR count). The summed E-state index contributed by atoms with van der Waals surface area (Å²) in [5.41, 5.74) is 10.8. The van der Waals surface area contributed by atoms with Crippen LogP contribution in [0.5, 0.6) is 0 Å². The summed E-state index contributed by atoms with van der Waals surface area (Å²) in [4.78, 5) is 10.7. The molecule has 11 aromatic rings. The monoisotopic (exact) mass is 684 g/mol. The summed E-state index contributed by atoms with van der Waals surface area (Å²) >= 11 is 0. The van der Waals surface area contributed by atoms with Crippen molar-refractivity contribution in [3.8, 4) is 44.8 Å². The van der Waals surface area contributed by atoms with Crippen LogP contribution in [-0.4, -0.2) is 9.97 Å². The second kappa shape index (κ2) is 12.2. The fraction of sp³-hybridized carbons (Fsp3) is 0. The van der Waals surface area contributed by atoms with Crippen LogP contribution < -0.4 is 0 Å². The molecule has 0 atom stereocenters. The van der Waals surface area contributed by atoms with Gasteiger partial charge in [-0.1, -0.05) is 164 Å². The smallest absolute Gasteiger partial charge is 0.0794 e. The molecular weight excluding hydrogens is 653 g/mol. The summed E-state index contributed by atoms with van der Waals surface area (Å²) in [5, 5.41) is 11.9. The average molecular weight is 685 g/mol. The van der Waals surface area contributed by atoms with Crippen LogP contribution in [0.15, 0.2) is 194 Å². The first-order chi connectivity index (χ1) is 26.7. The lowest BCUT2D eigenvalue weighted by Gasteiger charge is -2.17. The van der Waals surface area contributed by atoms with Crippen molar-refractivity contribution in [2.45, 2.75) is 0 Å². The predicted octanol–water partition coefficient (Wildman–Crippen LogP) is 14.1. The lowest BCUT2D eigenvalue weighted by molar-refractivity contribution is 1.41. The number of aromatic nitrogens is 2. The number of pyridine rings is 2. The van der Waals surface area contributed by atoms with Crippen LogP contribution in [0.4, 0.5) is 0 Å². The highest BCUT2D eigenvalue weighted by molar-refractivity contribution is 6.17. The third kappa shape index (κ3) is 4.96. The van der Waals surface area contributed by atoms with E-state index in [1.807, 2.05) is 0 Å².